The molecule has 0 rings (SSSR count). The summed E-state index contributed by atoms with van der Waals surface area (Å²) in [5.41, 5.74) is 0. The number of hydrogen-bond acceptors (Lipinski definition) is 3. The zero-order valence-corrected chi connectivity index (χ0v) is 13.2. The van der Waals surface area contributed by atoms with Gasteiger partial charge >= 0.3 is 0 Å². The summed E-state index contributed by atoms with van der Waals surface area (Å²) in [6, 6.07) is 0. The Morgan fingerprint density at radius 2 is 1.55 bits per heavy atom. The van der Waals surface area contributed by atoms with Crippen molar-refractivity contribution in [2.45, 2.75) is 71.1 Å². The predicted molar refractivity (Wildman–Crippen MR) is 82.8 cm³/mol. The van der Waals surface area contributed by atoms with E-state index >= 15 is 0 Å². The second-order valence-electron chi connectivity index (χ2n) is 5.26. The maximum absolute atomic E-state index is 11.3. The predicted octanol–water partition coefficient (Wildman–Crippen LogP) is 3.03. The SMILES string of the molecule is CCCNC(=O)CCCCCCCCCCOCCO. The van der Waals surface area contributed by atoms with Gasteiger partial charge in [0, 0.05) is 19.6 Å². The van der Waals surface area contributed by atoms with Crippen molar-refractivity contribution in [3.8, 4) is 0 Å². The summed E-state index contributed by atoms with van der Waals surface area (Å²) < 4.78 is 5.20. The van der Waals surface area contributed by atoms with Crippen LogP contribution in [-0.4, -0.2) is 37.4 Å². The highest BCUT2D eigenvalue weighted by Gasteiger charge is 1.99. The van der Waals surface area contributed by atoms with Gasteiger partial charge in [0.15, 0.2) is 0 Å². The van der Waals surface area contributed by atoms with Crippen molar-refractivity contribution in [2.24, 2.45) is 0 Å². The van der Waals surface area contributed by atoms with E-state index in [-0.39, 0.29) is 12.5 Å². The van der Waals surface area contributed by atoms with Gasteiger partial charge in [-0.2, -0.15) is 0 Å². The van der Waals surface area contributed by atoms with Crippen molar-refractivity contribution >= 4 is 5.91 Å². The zero-order valence-electron chi connectivity index (χ0n) is 13.2. The molecule has 0 atom stereocenters. The van der Waals surface area contributed by atoms with Crippen LogP contribution < -0.4 is 5.32 Å². The molecule has 0 aromatic carbocycles. The van der Waals surface area contributed by atoms with Crippen molar-refractivity contribution in [3.05, 3.63) is 0 Å². The third-order valence-corrected chi connectivity index (χ3v) is 3.25. The van der Waals surface area contributed by atoms with Crippen LogP contribution in [0.15, 0.2) is 0 Å². The van der Waals surface area contributed by atoms with Crippen LogP contribution in [0, 0.1) is 0 Å². The van der Waals surface area contributed by atoms with Gasteiger partial charge in [0.2, 0.25) is 5.91 Å². The van der Waals surface area contributed by atoms with Gasteiger partial charge < -0.3 is 15.2 Å². The van der Waals surface area contributed by atoms with Crippen molar-refractivity contribution in [1.29, 1.82) is 0 Å². The summed E-state index contributed by atoms with van der Waals surface area (Å²) in [4.78, 5) is 11.3. The van der Waals surface area contributed by atoms with Crippen LogP contribution in [0.1, 0.15) is 71.1 Å². The smallest absolute Gasteiger partial charge is 0.219 e. The third kappa shape index (κ3) is 15.4. The van der Waals surface area contributed by atoms with Crippen molar-refractivity contribution in [3.63, 3.8) is 0 Å². The molecule has 0 fully saturated rings. The molecule has 0 spiro atoms. The van der Waals surface area contributed by atoms with Gasteiger partial charge in [-0.15, -0.1) is 0 Å². The number of rotatable bonds is 15. The fourth-order valence-electron chi connectivity index (χ4n) is 2.07. The Morgan fingerprint density at radius 1 is 0.950 bits per heavy atom. The first-order valence-corrected chi connectivity index (χ1v) is 8.26. The lowest BCUT2D eigenvalue weighted by Crippen LogP contribution is -2.23. The summed E-state index contributed by atoms with van der Waals surface area (Å²) in [5.74, 6) is 0.203. The average molecular weight is 287 g/mol. The van der Waals surface area contributed by atoms with E-state index in [9.17, 15) is 4.79 Å². The van der Waals surface area contributed by atoms with Crippen LogP contribution in [0.25, 0.3) is 0 Å². The van der Waals surface area contributed by atoms with Crippen LogP contribution in [0.3, 0.4) is 0 Å². The standard InChI is InChI=1S/C16H33NO3/c1-2-12-17-16(19)11-9-7-5-3-4-6-8-10-14-20-15-13-18/h18H,2-15H2,1H3,(H,17,19). The quantitative estimate of drug-likeness (QED) is 0.455. The molecule has 0 bridgehead atoms. The van der Waals surface area contributed by atoms with Gasteiger partial charge in [0.1, 0.15) is 0 Å². The number of aliphatic hydroxyl groups excluding tert-OH is 1. The van der Waals surface area contributed by atoms with Gasteiger partial charge in [0.25, 0.3) is 0 Å². The van der Waals surface area contributed by atoms with E-state index in [2.05, 4.69) is 12.2 Å². The van der Waals surface area contributed by atoms with E-state index in [1.807, 2.05) is 0 Å². The van der Waals surface area contributed by atoms with Gasteiger partial charge in [-0.1, -0.05) is 45.4 Å². The number of unbranched alkanes of at least 4 members (excludes halogenated alkanes) is 7. The molecule has 0 aliphatic carbocycles. The Kier molecular flexibility index (Phi) is 15.9. The largest absolute Gasteiger partial charge is 0.394 e. The van der Waals surface area contributed by atoms with Crippen molar-refractivity contribution < 1.29 is 14.6 Å². The molecule has 0 saturated carbocycles. The third-order valence-electron chi connectivity index (χ3n) is 3.25. The van der Waals surface area contributed by atoms with Crippen molar-refractivity contribution in [1.82, 2.24) is 5.32 Å². The maximum Gasteiger partial charge on any atom is 0.219 e. The molecular weight excluding hydrogens is 254 g/mol. The second-order valence-corrected chi connectivity index (χ2v) is 5.26. The molecule has 120 valence electrons. The molecule has 0 unspecified atom stereocenters. The normalized spacial score (nSPS) is 10.7. The zero-order chi connectivity index (χ0) is 14.9. The van der Waals surface area contributed by atoms with Crippen LogP contribution in [-0.2, 0) is 9.53 Å². The molecule has 20 heavy (non-hydrogen) atoms. The Balaban J connectivity index is 3.04. The Bertz CT molecular complexity index is 210. The summed E-state index contributed by atoms with van der Waals surface area (Å²) in [6.45, 7) is 4.23. The molecular formula is C16H33NO3. The fraction of sp³-hybridized carbons (Fsp3) is 0.938. The minimum Gasteiger partial charge on any atom is -0.394 e. The molecule has 2 N–H and O–H groups in total. The minimum atomic E-state index is 0.121. The highest BCUT2D eigenvalue weighted by atomic mass is 16.5. The molecule has 0 aliphatic rings. The molecule has 4 heteroatoms. The number of nitrogens with one attached hydrogen (secondary N) is 1. The average Bonchev–Trinajstić information content (AvgIpc) is 2.46. The molecule has 0 saturated heterocycles. The number of ether oxygens (including phenoxy) is 1. The van der Waals surface area contributed by atoms with E-state index in [1.165, 1.54) is 38.5 Å². The molecule has 0 aliphatic heterocycles. The molecule has 0 heterocycles. The van der Waals surface area contributed by atoms with E-state index in [0.717, 1.165) is 32.4 Å². The number of carbonyl (C=O) groups excluding carboxylic acids is 1. The minimum absolute atomic E-state index is 0.121. The van der Waals surface area contributed by atoms with E-state index < -0.39 is 0 Å². The van der Waals surface area contributed by atoms with Gasteiger partial charge in [-0.25, -0.2) is 0 Å². The topological polar surface area (TPSA) is 58.6 Å². The fourth-order valence-corrected chi connectivity index (χ4v) is 2.07. The summed E-state index contributed by atoms with van der Waals surface area (Å²) in [6.07, 6.45) is 11.2. The maximum atomic E-state index is 11.3. The Morgan fingerprint density at radius 3 is 2.15 bits per heavy atom. The first kappa shape index (κ1) is 19.4. The second kappa shape index (κ2) is 16.4. The monoisotopic (exact) mass is 287 g/mol. The highest BCUT2D eigenvalue weighted by molar-refractivity contribution is 5.75. The van der Waals surface area contributed by atoms with Crippen LogP contribution in [0.2, 0.25) is 0 Å². The molecule has 1 amide bonds. The number of amides is 1. The lowest BCUT2D eigenvalue weighted by Gasteiger charge is -2.04. The van der Waals surface area contributed by atoms with E-state index in [0.29, 0.717) is 13.0 Å². The first-order valence-electron chi connectivity index (χ1n) is 8.26. The molecule has 0 aromatic rings. The van der Waals surface area contributed by atoms with Gasteiger partial charge in [0.05, 0.1) is 13.2 Å². The summed E-state index contributed by atoms with van der Waals surface area (Å²) >= 11 is 0. The van der Waals surface area contributed by atoms with E-state index in [4.69, 9.17) is 9.84 Å². The number of carbonyl (C=O) groups is 1. The lowest BCUT2D eigenvalue weighted by atomic mass is 10.1. The number of hydrogen-bond donors (Lipinski definition) is 2. The van der Waals surface area contributed by atoms with Gasteiger partial charge in [-0.3, -0.25) is 4.79 Å². The lowest BCUT2D eigenvalue weighted by molar-refractivity contribution is -0.121. The van der Waals surface area contributed by atoms with E-state index in [1.54, 1.807) is 0 Å². The van der Waals surface area contributed by atoms with Crippen molar-refractivity contribution in [2.75, 3.05) is 26.4 Å². The first-order chi connectivity index (χ1) is 9.81. The Labute approximate surface area is 124 Å². The molecule has 0 aromatic heterocycles. The molecule has 4 nitrogen and oxygen atoms in total. The van der Waals surface area contributed by atoms with Crippen LogP contribution in [0.4, 0.5) is 0 Å². The summed E-state index contributed by atoms with van der Waals surface area (Å²) in [5, 5.41) is 11.4. The summed E-state index contributed by atoms with van der Waals surface area (Å²) in [7, 11) is 0. The Hall–Kier alpha value is -0.610. The van der Waals surface area contributed by atoms with Gasteiger partial charge in [-0.05, 0) is 19.3 Å². The van der Waals surface area contributed by atoms with Crippen LogP contribution in [0.5, 0.6) is 0 Å². The molecule has 0 radical (unpaired) electrons. The highest BCUT2D eigenvalue weighted by Crippen LogP contribution is 2.09. The van der Waals surface area contributed by atoms with Crippen LogP contribution >= 0.6 is 0 Å². The number of aliphatic hydroxyl groups is 1.